The van der Waals surface area contributed by atoms with Crippen LogP contribution in [0.4, 0.5) is 0 Å². The van der Waals surface area contributed by atoms with Gasteiger partial charge in [-0.2, -0.15) is 5.10 Å². The number of allylic oxidation sites excluding steroid dienone is 1. The number of nitrogens with one attached hydrogen (secondary N) is 2. The fourth-order valence-corrected chi connectivity index (χ4v) is 3.86. The van der Waals surface area contributed by atoms with Crippen molar-refractivity contribution in [1.82, 2.24) is 15.3 Å². The van der Waals surface area contributed by atoms with Crippen molar-refractivity contribution >= 4 is 34.0 Å². The van der Waals surface area contributed by atoms with Crippen molar-refractivity contribution in [1.29, 1.82) is 0 Å². The Hall–Kier alpha value is -3.64. The lowest BCUT2D eigenvalue weighted by Gasteiger charge is -2.22. The van der Waals surface area contributed by atoms with Gasteiger partial charge in [-0.05, 0) is 49.6 Å². The Morgan fingerprint density at radius 3 is 2.68 bits per heavy atom. The van der Waals surface area contributed by atoms with Crippen molar-refractivity contribution in [3.8, 4) is 5.69 Å². The third kappa shape index (κ3) is 3.90. The average molecular weight is 433 g/mol. The molecule has 1 aliphatic rings. The first-order valence-electron chi connectivity index (χ1n) is 9.78. The zero-order chi connectivity index (χ0) is 22.1. The highest BCUT2D eigenvalue weighted by Crippen LogP contribution is 2.26. The summed E-state index contributed by atoms with van der Waals surface area (Å²) in [5.41, 5.74) is 5.33. The summed E-state index contributed by atoms with van der Waals surface area (Å²) in [6.07, 6.45) is 1.67. The average Bonchev–Trinajstić information content (AvgIpc) is 2.75. The number of hydrogen-bond acceptors (Lipinski definition) is 4. The van der Waals surface area contributed by atoms with Gasteiger partial charge in [0.25, 0.3) is 11.5 Å². The number of halogens is 1. The van der Waals surface area contributed by atoms with E-state index in [1.165, 1.54) is 0 Å². The lowest BCUT2D eigenvalue weighted by atomic mass is 10.1. The molecule has 0 aliphatic carbocycles. The fourth-order valence-electron chi connectivity index (χ4n) is 3.60. The number of aromatic nitrogens is 1. The number of rotatable bonds is 4. The Morgan fingerprint density at radius 1 is 1.19 bits per heavy atom. The van der Waals surface area contributed by atoms with Gasteiger partial charge in [-0.15, -0.1) is 0 Å². The van der Waals surface area contributed by atoms with E-state index in [1.807, 2.05) is 49.4 Å². The quantitative estimate of drug-likeness (QED) is 0.647. The monoisotopic (exact) mass is 432 g/mol. The summed E-state index contributed by atoms with van der Waals surface area (Å²) >= 11 is 6.35. The van der Waals surface area contributed by atoms with Crippen molar-refractivity contribution in [2.75, 3.05) is 0 Å². The lowest BCUT2D eigenvalue weighted by Crippen LogP contribution is -2.35. The highest BCUT2D eigenvalue weighted by atomic mass is 35.5. The van der Waals surface area contributed by atoms with Gasteiger partial charge in [0.15, 0.2) is 0 Å². The molecule has 156 valence electrons. The lowest BCUT2D eigenvalue weighted by molar-refractivity contribution is -0.117. The first kappa shape index (κ1) is 20.6. The molecule has 2 aromatic carbocycles. The minimum Gasteiger partial charge on any atom is -0.344 e. The van der Waals surface area contributed by atoms with Gasteiger partial charge in [-0.1, -0.05) is 48.5 Å². The first-order valence-corrected chi connectivity index (χ1v) is 10.2. The molecule has 7 heteroatoms. The Balaban J connectivity index is 1.83. The van der Waals surface area contributed by atoms with Crippen LogP contribution >= 0.6 is 11.6 Å². The van der Waals surface area contributed by atoms with Crippen LogP contribution in [0.2, 0.25) is 5.02 Å². The highest BCUT2D eigenvalue weighted by Gasteiger charge is 2.22. The molecule has 0 radical (unpaired) electrons. The molecule has 1 atom stereocenters. The molecule has 1 amide bonds. The number of amides is 1. The first-order chi connectivity index (χ1) is 14.9. The van der Waals surface area contributed by atoms with Gasteiger partial charge in [0.1, 0.15) is 0 Å². The Labute approximate surface area is 184 Å². The largest absolute Gasteiger partial charge is 0.344 e. The molecule has 2 heterocycles. The zero-order valence-electron chi connectivity index (χ0n) is 17.1. The minimum absolute atomic E-state index is 0.240. The van der Waals surface area contributed by atoms with Crippen LogP contribution in [0.1, 0.15) is 25.6 Å². The number of para-hydroxylation sites is 1. The van der Waals surface area contributed by atoms with Crippen LogP contribution < -0.4 is 16.3 Å². The molecule has 6 nitrogen and oxygen atoms in total. The molecule has 0 spiro atoms. The number of hydrogen-bond donors (Lipinski definition) is 2. The second-order valence-corrected chi connectivity index (χ2v) is 7.75. The van der Waals surface area contributed by atoms with Gasteiger partial charge in [-0.3, -0.25) is 19.6 Å². The van der Waals surface area contributed by atoms with Crippen LogP contribution in [0.25, 0.3) is 16.5 Å². The SMILES string of the molecule is C=C1NN=C(C)C=C1C(=O)N[C@@H](C)c1cc2cccc(Cl)c2c(=O)n1-c1ccccc1. The van der Waals surface area contributed by atoms with E-state index >= 15 is 0 Å². The second kappa shape index (κ2) is 8.24. The maximum absolute atomic E-state index is 13.5. The summed E-state index contributed by atoms with van der Waals surface area (Å²) in [6.45, 7) is 7.47. The van der Waals surface area contributed by atoms with Crippen molar-refractivity contribution in [2.24, 2.45) is 5.10 Å². The number of benzene rings is 2. The van der Waals surface area contributed by atoms with Crippen molar-refractivity contribution in [3.63, 3.8) is 0 Å². The third-order valence-corrected chi connectivity index (χ3v) is 5.44. The normalized spacial score (nSPS) is 14.5. The van der Waals surface area contributed by atoms with E-state index in [-0.39, 0.29) is 11.5 Å². The van der Waals surface area contributed by atoms with Gasteiger partial charge in [0.05, 0.1) is 33.4 Å². The van der Waals surface area contributed by atoms with E-state index in [2.05, 4.69) is 22.4 Å². The van der Waals surface area contributed by atoms with Crippen molar-refractivity contribution in [2.45, 2.75) is 19.9 Å². The third-order valence-electron chi connectivity index (χ3n) is 5.12. The standard InChI is InChI=1S/C24H21ClN4O2/c1-14-12-19(15(2)28-27-14)23(30)26-16(3)21-13-17-8-7-11-20(25)22(17)24(31)29(21)18-9-5-4-6-10-18/h4-13,16,28H,2H2,1,3H3,(H,26,30)/t16-/m0/s1. The molecular formula is C24H21ClN4O2. The summed E-state index contributed by atoms with van der Waals surface area (Å²) in [7, 11) is 0. The van der Waals surface area contributed by atoms with Crippen LogP contribution in [0.15, 0.2) is 88.4 Å². The number of carbonyl (C=O) groups excluding carboxylic acids is 1. The van der Waals surface area contributed by atoms with E-state index in [4.69, 9.17) is 11.6 Å². The zero-order valence-corrected chi connectivity index (χ0v) is 17.9. The van der Waals surface area contributed by atoms with Crippen LogP contribution in [0.5, 0.6) is 0 Å². The molecule has 0 saturated carbocycles. The number of carbonyl (C=O) groups is 1. The predicted octanol–water partition coefficient (Wildman–Crippen LogP) is 4.24. The second-order valence-electron chi connectivity index (χ2n) is 7.35. The van der Waals surface area contributed by atoms with Gasteiger partial charge in [0.2, 0.25) is 0 Å². The Kier molecular flexibility index (Phi) is 5.48. The summed E-state index contributed by atoms with van der Waals surface area (Å²) in [6, 6.07) is 16.0. The topological polar surface area (TPSA) is 75.5 Å². The molecule has 1 aromatic heterocycles. The van der Waals surface area contributed by atoms with E-state index < -0.39 is 6.04 Å². The smallest absolute Gasteiger partial charge is 0.264 e. The van der Waals surface area contributed by atoms with E-state index in [0.717, 1.165) is 0 Å². The van der Waals surface area contributed by atoms with Crippen LogP contribution in [-0.2, 0) is 4.79 Å². The summed E-state index contributed by atoms with van der Waals surface area (Å²) < 4.78 is 1.59. The molecule has 4 rings (SSSR count). The van der Waals surface area contributed by atoms with Crippen LogP contribution in [0.3, 0.4) is 0 Å². The maximum Gasteiger partial charge on any atom is 0.264 e. The molecule has 3 aromatic rings. The highest BCUT2D eigenvalue weighted by molar-refractivity contribution is 6.35. The van der Waals surface area contributed by atoms with Gasteiger partial charge >= 0.3 is 0 Å². The minimum atomic E-state index is -0.475. The summed E-state index contributed by atoms with van der Waals surface area (Å²) in [5.74, 6) is -0.308. The summed E-state index contributed by atoms with van der Waals surface area (Å²) in [4.78, 5) is 26.4. The van der Waals surface area contributed by atoms with Crippen LogP contribution in [0, 0.1) is 0 Å². The Morgan fingerprint density at radius 2 is 1.94 bits per heavy atom. The summed E-state index contributed by atoms with van der Waals surface area (Å²) in [5, 5.41) is 8.56. The van der Waals surface area contributed by atoms with Gasteiger partial charge in [0, 0.05) is 11.4 Å². The number of hydrazone groups is 1. The van der Waals surface area contributed by atoms with Crippen molar-refractivity contribution < 1.29 is 4.79 Å². The van der Waals surface area contributed by atoms with E-state index in [0.29, 0.717) is 44.2 Å². The maximum atomic E-state index is 13.5. The molecule has 0 saturated heterocycles. The fraction of sp³-hybridized carbons (Fsp3) is 0.125. The molecule has 0 fully saturated rings. The number of fused-ring (bicyclic) bond motifs is 1. The molecule has 0 unspecified atom stereocenters. The molecule has 1 aliphatic heterocycles. The molecule has 2 N–H and O–H groups in total. The van der Waals surface area contributed by atoms with E-state index in [1.54, 1.807) is 29.7 Å². The number of pyridine rings is 1. The van der Waals surface area contributed by atoms with Gasteiger partial charge in [-0.25, -0.2) is 0 Å². The number of nitrogens with zero attached hydrogens (tertiary/aromatic N) is 2. The van der Waals surface area contributed by atoms with Crippen molar-refractivity contribution in [3.05, 3.63) is 99.6 Å². The van der Waals surface area contributed by atoms with E-state index in [9.17, 15) is 9.59 Å². The predicted molar refractivity (Wildman–Crippen MR) is 125 cm³/mol. The molecular weight excluding hydrogens is 412 g/mol. The molecule has 0 bridgehead atoms. The molecule has 31 heavy (non-hydrogen) atoms. The van der Waals surface area contributed by atoms with Crippen LogP contribution in [-0.4, -0.2) is 16.2 Å². The van der Waals surface area contributed by atoms with Gasteiger partial charge < -0.3 is 5.32 Å². The Bertz CT molecular complexity index is 1320.